The number of likely N-dealkylation sites (N-methyl/N-ethyl adjacent to an activating group) is 1. The van der Waals surface area contributed by atoms with Crippen molar-refractivity contribution < 1.29 is 23.1 Å². The van der Waals surface area contributed by atoms with Gasteiger partial charge in [-0.15, -0.1) is 0 Å². The Labute approximate surface area is 131 Å². The summed E-state index contributed by atoms with van der Waals surface area (Å²) in [7, 11) is 1.20. The van der Waals surface area contributed by atoms with Crippen LogP contribution < -0.4 is 5.32 Å². The lowest BCUT2D eigenvalue weighted by Gasteiger charge is -2.22. The smallest absolute Gasteiger partial charge is 0.382 e. The number of urea groups is 1. The van der Waals surface area contributed by atoms with Crippen LogP contribution in [-0.2, 0) is 5.75 Å². The SMILES string of the molecule is CCSCc1cccc(NC(=O)N(C)CC(O)C(F)(F)F)c1. The van der Waals surface area contributed by atoms with Crippen molar-refractivity contribution in [1.82, 2.24) is 4.90 Å². The van der Waals surface area contributed by atoms with Crippen molar-refractivity contribution in [1.29, 1.82) is 0 Å². The lowest BCUT2D eigenvalue weighted by atomic mass is 10.2. The van der Waals surface area contributed by atoms with Gasteiger partial charge in [0.15, 0.2) is 6.10 Å². The summed E-state index contributed by atoms with van der Waals surface area (Å²) in [4.78, 5) is 12.6. The summed E-state index contributed by atoms with van der Waals surface area (Å²) in [6.45, 7) is 1.22. The first kappa shape index (κ1) is 18.6. The lowest BCUT2D eigenvalue weighted by Crippen LogP contribution is -2.43. The number of carbonyl (C=O) groups is 1. The molecule has 8 heteroatoms. The first-order valence-electron chi connectivity index (χ1n) is 6.67. The number of alkyl halides is 3. The number of nitrogens with zero attached hydrogens (tertiary/aromatic N) is 1. The standard InChI is InChI=1S/C14H19F3N2O2S/c1-3-22-9-10-5-4-6-11(7-10)18-13(21)19(2)8-12(20)14(15,16)17/h4-7,12,20H,3,8-9H2,1-2H3,(H,18,21). The molecule has 0 aliphatic heterocycles. The maximum absolute atomic E-state index is 12.3. The third-order valence-electron chi connectivity index (χ3n) is 2.82. The van der Waals surface area contributed by atoms with Crippen LogP contribution in [0.15, 0.2) is 24.3 Å². The zero-order valence-electron chi connectivity index (χ0n) is 12.4. The number of aliphatic hydroxyl groups is 1. The first-order valence-corrected chi connectivity index (χ1v) is 7.83. The van der Waals surface area contributed by atoms with Crippen LogP contribution in [0.3, 0.4) is 0 Å². The van der Waals surface area contributed by atoms with Crippen molar-refractivity contribution in [2.45, 2.75) is 25.0 Å². The van der Waals surface area contributed by atoms with Gasteiger partial charge in [-0.25, -0.2) is 4.79 Å². The number of carbonyl (C=O) groups excluding carboxylic acids is 1. The van der Waals surface area contributed by atoms with Gasteiger partial charge in [-0.1, -0.05) is 19.1 Å². The van der Waals surface area contributed by atoms with E-state index < -0.39 is 24.9 Å². The number of rotatable bonds is 6. The highest BCUT2D eigenvalue weighted by molar-refractivity contribution is 7.98. The molecule has 1 aromatic carbocycles. The zero-order chi connectivity index (χ0) is 16.8. The van der Waals surface area contributed by atoms with Crippen LogP contribution in [0.25, 0.3) is 0 Å². The fourth-order valence-electron chi connectivity index (χ4n) is 1.62. The number of nitrogens with one attached hydrogen (secondary N) is 1. The van der Waals surface area contributed by atoms with Gasteiger partial charge in [-0.2, -0.15) is 24.9 Å². The van der Waals surface area contributed by atoms with Crippen molar-refractivity contribution in [3.8, 4) is 0 Å². The fraction of sp³-hybridized carbons (Fsp3) is 0.500. The molecule has 0 spiro atoms. The minimum atomic E-state index is -4.74. The molecule has 2 amide bonds. The van der Waals surface area contributed by atoms with Crippen molar-refractivity contribution in [2.24, 2.45) is 0 Å². The van der Waals surface area contributed by atoms with Gasteiger partial charge in [0.2, 0.25) is 0 Å². The van der Waals surface area contributed by atoms with Gasteiger partial charge in [0.05, 0.1) is 6.54 Å². The Morgan fingerprint density at radius 2 is 2.14 bits per heavy atom. The van der Waals surface area contributed by atoms with Gasteiger partial charge < -0.3 is 15.3 Å². The summed E-state index contributed by atoms with van der Waals surface area (Å²) >= 11 is 1.73. The van der Waals surface area contributed by atoms with Crippen molar-refractivity contribution in [3.05, 3.63) is 29.8 Å². The van der Waals surface area contributed by atoms with E-state index >= 15 is 0 Å². The van der Waals surface area contributed by atoms with Gasteiger partial charge >= 0.3 is 12.2 Å². The minimum Gasteiger partial charge on any atom is -0.382 e. The fourth-order valence-corrected chi connectivity index (χ4v) is 2.24. The van der Waals surface area contributed by atoms with Crippen LogP contribution in [0, 0.1) is 0 Å². The summed E-state index contributed by atoms with van der Waals surface area (Å²) in [5.74, 6) is 1.76. The predicted octanol–water partition coefficient (Wildman–Crippen LogP) is 3.33. The van der Waals surface area contributed by atoms with Crippen LogP contribution in [0.2, 0.25) is 0 Å². The average molecular weight is 336 g/mol. The third-order valence-corrected chi connectivity index (χ3v) is 3.77. The molecule has 1 unspecified atom stereocenters. The first-order chi connectivity index (χ1) is 10.2. The number of halogens is 3. The normalized spacial score (nSPS) is 12.8. The maximum atomic E-state index is 12.3. The van der Waals surface area contributed by atoms with E-state index in [9.17, 15) is 18.0 Å². The average Bonchev–Trinajstić information content (AvgIpc) is 2.44. The van der Waals surface area contributed by atoms with Crippen LogP contribution in [0.5, 0.6) is 0 Å². The van der Waals surface area contributed by atoms with Gasteiger partial charge in [0.1, 0.15) is 0 Å². The van der Waals surface area contributed by atoms with Gasteiger partial charge in [0, 0.05) is 18.5 Å². The summed E-state index contributed by atoms with van der Waals surface area (Å²) in [5.41, 5.74) is 1.52. The molecule has 124 valence electrons. The monoisotopic (exact) mass is 336 g/mol. The molecule has 2 N–H and O–H groups in total. The number of hydrogen-bond donors (Lipinski definition) is 2. The van der Waals surface area contributed by atoms with E-state index in [1.165, 1.54) is 7.05 Å². The largest absolute Gasteiger partial charge is 0.416 e. The van der Waals surface area contributed by atoms with E-state index in [1.807, 2.05) is 13.0 Å². The number of anilines is 1. The Balaban J connectivity index is 2.60. The van der Waals surface area contributed by atoms with E-state index in [-0.39, 0.29) is 0 Å². The summed E-state index contributed by atoms with van der Waals surface area (Å²) < 4.78 is 36.8. The Morgan fingerprint density at radius 3 is 2.73 bits per heavy atom. The Morgan fingerprint density at radius 1 is 1.45 bits per heavy atom. The number of aliphatic hydroxyl groups excluding tert-OH is 1. The summed E-state index contributed by atoms with van der Waals surface area (Å²) in [6, 6.07) is 6.41. The Bertz CT molecular complexity index is 497. The number of benzene rings is 1. The Hall–Kier alpha value is -1.41. The molecule has 0 heterocycles. The molecule has 1 aromatic rings. The summed E-state index contributed by atoms with van der Waals surface area (Å²) in [5, 5.41) is 11.5. The molecule has 0 aliphatic carbocycles. The quantitative estimate of drug-likeness (QED) is 0.838. The molecule has 0 aliphatic rings. The molecule has 1 rings (SSSR count). The van der Waals surface area contributed by atoms with Crippen LogP contribution in [0.1, 0.15) is 12.5 Å². The van der Waals surface area contributed by atoms with E-state index in [1.54, 1.807) is 30.0 Å². The third kappa shape index (κ3) is 6.15. The molecular weight excluding hydrogens is 317 g/mol. The van der Waals surface area contributed by atoms with Gasteiger partial charge in [0.25, 0.3) is 0 Å². The van der Waals surface area contributed by atoms with E-state index in [4.69, 9.17) is 5.11 Å². The van der Waals surface area contributed by atoms with Crippen LogP contribution in [-0.4, -0.2) is 47.7 Å². The van der Waals surface area contributed by atoms with Crippen molar-refractivity contribution in [2.75, 3.05) is 24.7 Å². The minimum absolute atomic E-state index is 0.507. The molecule has 0 bridgehead atoms. The number of thioether (sulfide) groups is 1. The molecular formula is C14H19F3N2O2S. The topological polar surface area (TPSA) is 52.6 Å². The second-order valence-corrected chi connectivity index (χ2v) is 5.98. The van der Waals surface area contributed by atoms with Gasteiger partial charge in [-0.05, 0) is 23.4 Å². The van der Waals surface area contributed by atoms with Gasteiger partial charge in [-0.3, -0.25) is 0 Å². The highest BCUT2D eigenvalue weighted by atomic mass is 32.2. The molecule has 1 atom stereocenters. The molecule has 0 radical (unpaired) electrons. The highest BCUT2D eigenvalue weighted by Gasteiger charge is 2.39. The predicted molar refractivity (Wildman–Crippen MR) is 82.0 cm³/mol. The molecule has 22 heavy (non-hydrogen) atoms. The number of amides is 2. The molecule has 0 fully saturated rings. The lowest BCUT2D eigenvalue weighted by molar-refractivity contribution is -0.205. The summed E-state index contributed by atoms with van der Waals surface area (Å²) in [6.07, 6.45) is -7.30. The van der Waals surface area contributed by atoms with E-state index in [0.717, 1.165) is 22.0 Å². The molecule has 0 saturated heterocycles. The van der Waals surface area contributed by atoms with Crippen molar-refractivity contribution in [3.63, 3.8) is 0 Å². The van der Waals surface area contributed by atoms with Crippen molar-refractivity contribution >= 4 is 23.5 Å². The second-order valence-electron chi connectivity index (χ2n) is 4.71. The zero-order valence-corrected chi connectivity index (χ0v) is 13.2. The molecule has 0 aromatic heterocycles. The number of hydrogen-bond acceptors (Lipinski definition) is 3. The Kier molecular flexibility index (Phi) is 7.02. The van der Waals surface area contributed by atoms with E-state index in [2.05, 4.69) is 5.32 Å². The van der Waals surface area contributed by atoms with Crippen LogP contribution in [0.4, 0.5) is 23.7 Å². The molecule has 0 saturated carbocycles. The van der Waals surface area contributed by atoms with Crippen LogP contribution >= 0.6 is 11.8 Å². The second kappa shape index (κ2) is 8.28. The molecule has 4 nitrogen and oxygen atoms in total. The van der Waals surface area contributed by atoms with E-state index in [0.29, 0.717) is 5.69 Å². The maximum Gasteiger partial charge on any atom is 0.416 e. The highest BCUT2D eigenvalue weighted by Crippen LogP contribution is 2.21.